The van der Waals surface area contributed by atoms with E-state index < -0.39 is 10.0 Å². The molecule has 0 bridgehead atoms. The summed E-state index contributed by atoms with van der Waals surface area (Å²) in [6.45, 7) is 9.36. The van der Waals surface area contributed by atoms with E-state index in [4.69, 9.17) is 11.6 Å². The fourth-order valence-corrected chi connectivity index (χ4v) is 5.73. The number of anilines is 1. The van der Waals surface area contributed by atoms with Crippen molar-refractivity contribution in [2.45, 2.75) is 52.0 Å². The third-order valence-corrected chi connectivity index (χ3v) is 7.88. The summed E-state index contributed by atoms with van der Waals surface area (Å²) in [6.07, 6.45) is 0.681. The van der Waals surface area contributed by atoms with Gasteiger partial charge in [-0.2, -0.15) is 0 Å². The molecule has 0 saturated heterocycles. The highest BCUT2D eigenvalue weighted by Crippen LogP contribution is 2.29. The van der Waals surface area contributed by atoms with E-state index in [0.29, 0.717) is 22.7 Å². The van der Waals surface area contributed by atoms with Gasteiger partial charge in [-0.1, -0.05) is 60.0 Å². The summed E-state index contributed by atoms with van der Waals surface area (Å²) >= 11 is 6.11. The second-order valence-electron chi connectivity index (χ2n) is 8.64. The van der Waals surface area contributed by atoms with E-state index in [1.165, 1.54) is 0 Å². The zero-order valence-electron chi connectivity index (χ0n) is 20.2. The summed E-state index contributed by atoms with van der Waals surface area (Å²) in [5.74, 6) is -0.378. The van der Waals surface area contributed by atoms with Crippen LogP contribution in [0, 0.1) is 27.7 Å². The van der Waals surface area contributed by atoms with Crippen LogP contribution in [0.15, 0.2) is 65.6 Å². The number of carbonyl (C=O) groups is 1. The fourth-order valence-electron chi connectivity index (χ4n) is 4.02. The molecule has 0 spiro atoms. The fraction of sp³-hybridized carbons (Fsp3) is 0.296. The first-order valence-electron chi connectivity index (χ1n) is 11.2. The van der Waals surface area contributed by atoms with Gasteiger partial charge in [0.25, 0.3) is 10.0 Å². The standard InChI is InChI=1S/C27H31ClN2O3S/c1-6-25(24-13-9-19(3)15-20(24)4)29-27(31)17-30(26-14-10-22(28)16-21(26)5)34(32,33)23-11-7-18(2)8-12-23/h7-16,25H,6,17H2,1-5H3,(H,29,31). The molecule has 0 fully saturated rings. The molecule has 7 heteroatoms. The number of hydrogen-bond donors (Lipinski definition) is 1. The molecule has 0 aliphatic carbocycles. The van der Waals surface area contributed by atoms with Crippen molar-refractivity contribution >= 4 is 33.2 Å². The topological polar surface area (TPSA) is 66.5 Å². The Morgan fingerprint density at radius 1 is 0.912 bits per heavy atom. The van der Waals surface area contributed by atoms with Crippen molar-refractivity contribution in [2.75, 3.05) is 10.8 Å². The van der Waals surface area contributed by atoms with Gasteiger partial charge in [-0.3, -0.25) is 9.10 Å². The van der Waals surface area contributed by atoms with Crippen LogP contribution in [0.4, 0.5) is 5.69 Å². The molecule has 5 nitrogen and oxygen atoms in total. The predicted molar refractivity (Wildman–Crippen MR) is 139 cm³/mol. The third-order valence-electron chi connectivity index (χ3n) is 5.87. The summed E-state index contributed by atoms with van der Waals surface area (Å²) in [5, 5.41) is 3.54. The van der Waals surface area contributed by atoms with Gasteiger partial charge in [0.15, 0.2) is 0 Å². The minimum absolute atomic E-state index is 0.127. The zero-order chi connectivity index (χ0) is 25.0. The number of rotatable bonds is 8. The first kappa shape index (κ1) is 25.8. The van der Waals surface area contributed by atoms with Crippen molar-refractivity contribution in [1.82, 2.24) is 5.32 Å². The Morgan fingerprint density at radius 2 is 1.56 bits per heavy atom. The van der Waals surface area contributed by atoms with E-state index in [9.17, 15) is 13.2 Å². The lowest BCUT2D eigenvalue weighted by Gasteiger charge is -2.27. The van der Waals surface area contributed by atoms with Crippen LogP contribution in [0.25, 0.3) is 0 Å². The maximum atomic E-state index is 13.6. The second-order valence-corrected chi connectivity index (χ2v) is 10.9. The average Bonchev–Trinajstić information content (AvgIpc) is 2.77. The number of sulfonamides is 1. The average molecular weight is 499 g/mol. The Balaban J connectivity index is 1.96. The lowest BCUT2D eigenvalue weighted by Crippen LogP contribution is -2.42. The van der Waals surface area contributed by atoms with Gasteiger partial charge in [0.1, 0.15) is 6.54 Å². The quantitative estimate of drug-likeness (QED) is 0.412. The van der Waals surface area contributed by atoms with Crippen LogP contribution < -0.4 is 9.62 Å². The van der Waals surface area contributed by atoms with Gasteiger partial charge in [-0.05, 0) is 81.1 Å². The minimum atomic E-state index is -3.99. The maximum absolute atomic E-state index is 13.6. The molecule has 0 aromatic heterocycles. The summed E-state index contributed by atoms with van der Waals surface area (Å²) < 4.78 is 28.5. The molecular formula is C27H31ClN2O3S. The first-order valence-corrected chi connectivity index (χ1v) is 13.1. The van der Waals surface area contributed by atoms with Gasteiger partial charge in [-0.15, -0.1) is 0 Å². The van der Waals surface area contributed by atoms with E-state index in [2.05, 4.69) is 11.4 Å². The van der Waals surface area contributed by atoms with Crippen molar-refractivity contribution < 1.29 is 13.2 Å². The number of benzene rings is 3. The molecule has 1 unspecified atom stereocenters. The largest absolute Gasteiger partial charge is 0.348 e. The number of hydrogen-bond acceptors (Lipinski definition) is 3. The Kier molecular flexibility index (Phi) is 8.05. The highest BCUT2D eigenvalue weighted by atomic mass is 35.5. The van der Waals surface area contributed by atoms with Crippen LogP contribution in [0.3, 0.4) is 0 Å². The Hall–Kier alpha value is -2.83. The number of amides is 1. The molecule has 3 aromatic rings. The Morgan fingerprint density at radius 3 is 2.15 bits per heavy atom. The van der Waals surface area contributed by atoms with Gasteiger partial charge >= 0.3 is 0 Å². The van der Waals surface area contributed by atoms with Crippen LogP contribution in [-0.2, 0) is 14.8 Å². The Labute approximate surface area is 207 Å². The van der Waals surface area contributed by atoms with Crippen LogP contribution >= 0.6 is 11.6 Å². The number of nitrogens with zero attached hydrogens (tertiary/aromatic N) is 1. The molecule has 3 aromatic carbocycles. The van der Waals surface area contributed by atoms with Crippen LogP contribution in [0.2, 0.25) is 5.02 Å². The maximum Gasteiger partial charge on any atom is 0.264 e. The number of halogens is 1. The molecule has 0 heterocycles. The Bertz CT molecular complexity index is 1290. The zero-order valence-corrected chi connectivity index (χ0v) is 21.8. The SMILES string of the molecule is CCC(NC(=O)CN(c1ccc(Cl)cc1C)S(=O)(=O)c1ccc(C)cc1)c1ccc(C)cc1C. The smallest absolute Gasteiger partial charge is 0.264 e. The van der Waals surface area contributed by atoms with Crippen molar-refractivity contribution in [1.29, 1.82) is 0 Å². The molecule has 0 aliphatic heterocycles. The van der Waals surface area contributed by atoms with Gasteiger partial charge in [-0.25, -0.2) is 8.42 Å². The predicted octanol–water partition coefficient (Wildman–Crippen LogP) is 6.04. The number of carbonyl (C=O) groups excluding carboxylic acids is 1. The van der Waals surface area contributed by atoms with Crippen molar-refractivity contribution in [2.24, 2.45) is 0 Å². The molecule has 0 saturated carbocycles. The van der Waals surface area contributed by atoms with Crippen LogP contribution in [0.1, 0.15) is 47.2 Å². The van der Waals surface area contributed by atoms with Crippen LogP contribution in [-0.4, -0.2) is 20.9 Å². The lowest BCUT2D eigenvalue weighted by atomic mass is 9.97. The van der Waals surface area contributed by atoms with E-state index in [0.717, 1.165) is 26.6 Å². The number of nitrogens with one attached hydrogen (secondary N) is 1. The van der Waals surface area contributed by atoms with Gasteiger partial charge in [0.05, 0.1) is 16.6 Å². The first-order chi connectivity index (χ1) is 16.0. The summed E-state index contributed by atoms with van der Waals surface area (Å²) in [5.41, 5.74) is 5.29. The summed E-state index contributed by atoms with van der Waals surface area (Å²) in [6, 6.07) is 17.5. The van der Waals surface area contributed by atoms with Crippen LogP contribution in [0.5, 0.6) is 0 Å². The highest BCUT2D eigenvalue weighted by Gasteiger charge is 2.29. The van der Waals surface area contributed by atoms with E-state index in [-0.39, 0.29) is 23.4 Å². The van der Waals surface area contributed by atoms with Crippen molar-refractivity contribution in [3.63, 3.8) is 0 Å². The third kappa shape index (κ3) is 5.80. The normalized spacial score (nSPS) is 12.3. The number of aryl methyl sites for hydroxylation is 4. The molecule has 1 atom stereocenters. The molecule has 3 rings (SSSR count). The van der Waals surface area contributed by atoms with Crippen molar-refractivity contribution in [3.8, 4) is 0 Å². The van der Waals surface area contributed by atoms with Gasteiger partial charge < -0.3 is 5.32 Å². The molecule has 0 aliphatic rings. The monoisotopic (exact) mass is 498 g/mol. The molecule has 0 radical (unpaired) electrons. The summed E-state index contributed by atoms with van der Waals surface area (Å²) in [7, 11) is -3.99. The molecule has 180 valence electrons. The molecule has 34 heavy (non-hydrogen) atoms. The van der Waals surface area contributed by atoms with E-state index in [1.807, 2.05) is 39.8 Å². The van der Waals surface area contributed by atoms with Crippen molar-refractivity contribution in [3.05, 3.63) is 93.5 Å². The van der Waals surface area contributed by atoms with E-state index in [1.54, 1.807) is 49.4 Å². The molecule has 1 N–H and O–H groups in total. The summed E-state index contributed by atoms with van der Waals surface area (Å²) in [4.78, 5) is 13.3. The molecular weight excluding hydrogens is 468 g/mol. The minimum Gasteiger partial charge on any atom is -0.348 e. The van der Waals surface area contributed by atoms with E-state index >= 15 is 0 Å². The second kappa shape index (κ2) is 10.6. The van der Waals surface area contributed by atoms with Gasteiger partial charge in [0.2, 0.25) is 5.91 Å². The van der Waals surface area contributed by atoms with Gasteiger partial charge in [0, 0.05) is 5.02 Å². The molecule has 1 amide bonds. The highest BCUT2D eigenvalue weighted by molar-refractivity contribution is 7.92. The lowest BCUT2D eigenvalue weighted by molar-refractivity contribution is -0.120.